The lowest BCUT2D eigenvalue weighted by molar-refractivity contribution is -0.137. The molecule has 0 bridgehead atoms. The maximum atomic E-state index is 12.8. The van der Waals surface area contributed by atoms with Crippen molar-refractivity contribution < 1.29 is 9.53 Å². The quantitative estimate of drug-likeness (QED) is 0.891. The molecule has 24 heavy (non-hydrogen) atoms. The second kappa shape index (κ2) is 7.42. The molecule has 1 amide bonds. The number of rotatable bonds is 2. The molecule has 5 heteroatoms. The maximum Gasteiger partial charge on any atom is 0.239 e. The number of hydrogen-bond donors (Lipinski definition) is 1. The molecule has 3 heterocycles. The molecule has 1 aromatic carbocycles. The molecule has 0 saturated carbocycles. The van der Waals surface area contributed by atoms with Crippen LogP contribution >= 0.6 is 12.4 Å². The number of nitrogens with one attached hydrogen (secondary N) is 1. The SMILES string of the molecule is Cl.O=C([C@H]1CC[C@H](c2ccccc2)N1)N1CCC2(CCCO2)CC1. The Hall–Kier alpha value is -1.10. The van der Waals surface area contributed by atoms with Gasteiger partial charge in [0.15, 0.2) is 0 Å². The standard InChI is InChI=1S/C19H26N2O2.ClH/c22-18(21-12-10-19(11-13-21)9-4-14-23-19)17-8-7-16(20-17)15-5-2-1-3-6-15;/h1-3,5-6,16-17,20H,4,7-14H2;1H/t16-,17-;/m1./s1. The molecule has 3 fully saturated rings. The average Bonchev–Trinajstić information content (AvgIpc) is 3.26. The van der Waals surface area contributed by atoms with Crippen LogP contribution in [0.15, 0.2) is 30.3 Å². The molecule has 3 aliphatic heterocycles. The fourth-order valence-electron chi connectivity index (χ4n) is 4.39. The Morgan fingerprint density at radius 1 is 1.12 bits per heavy atom. The van der Waals surface area contributed by atoms with Crippen LogP contribution in [0.5, 0.6) is 0 Å². The van der Waals surface area contributed by atoms with E-state index in [1.165, 1.54) is 18.4 Å². The number of nitrogens with zero attached hydrogens (tertiary/aromatic N) is 1. The van der Waals surface area contributed by atoms with Crippen molar-refractivity contribution >= 4 is 18.3 Å². The molecule has 1 aromatic rings. The van der Waals surface area contributed by atoms with Crippen molar-refractivity contribution in [2.24, 2.45) is 0 Å². The van der Waals surface area contributed by atoms with Gasteiger partial charge in [0.25, 0.3) is 0 Å². The number of ether oxygens (including phenoxy) is 1. The Bertz CT molecular complexity index is 550. The summed E-state index contributed by atoms with van der Waals surface area (Å²) in [6, 6.07) is 10.8. The molecule has 4 nitrogen and oxygen atoms in total. The van der Waals surface area contributed by atoms with Crippen molar-refractivity contribution in [3.05, 3.63) is 35.9 Å². The van der Waals surface area contributed by atoms with Gasteiger partial charge in [0.2, 0.25) is 5.91 Å². The van der Waals surface area contributed by atoms with Gasteiger partial charge in [0.1, 0.15) is 0 Å². The highest BCUT2D eigenvalue weighted by Crippen LogP contribution is 2.36. The van der Waals surface area contributed by atoms with E-state index in [4.69, 9.17) is 4.74 Å². The second-order valence-electron chi connectivity index (χ2n) is 7.22. The number of carbonyl (C=O) groups is 1. The lowest BCUT2D eigenvalue weighted by atomic mass is 9.88. The van der Waals surface area contributed by atoms with E-state index in [1.807, 2.05) is 6.07 Å². The van der Waals surface area contributed by atoms with Gasteiger partial charge in [0.05, 0.1) is 11.6 Å². The fraction of sp³-hybridized carbons (Fsp3) is 0.632. The third-order valence-corrected chi connectivity index (χ3v) is 5.82. The van der Waals surface area contributed by atoms with E-state index in [0.29, 0.717) is 6.04 Å². The van der Waals surface area contributed by atoms with Crippen LogP contribution in [0.2, 0.25) is 0 Å². The monoisotopic (exact) mass is 350 g/mol. The van der Waals surface area contributed by atoms with E-state index >= 15 is 0 Å². The molecule has 1 spiro atoms. The molecule has 0 unspecified atom stereocenters. The zero-order valence-corrected chi connectivity index (χ0v) is 14.9. The van der Waals surface area contributed by atoms with E-state index in [0.717, 1.165) is 45.4 Å². The predicted molar refractivity (Wildman–Crippen MR) is 96.3 cm³/mol. The molecule has 0 aliphatic carbocycles. The summed E-state index contributed by atoms with van der Waals surface area (Å²) < 4.78 is 5.96. The second-order valence-corrected chi connectivity index (χ2v) is 7.22. The zero-order valence-electron chi connectivity index (χ0n) is 14.1. The van der Waals surface area contributed by atoms with Crippen LogP contribution in [0.4, 0.5) is 0 Å². The summed E-state index contributed by atoms with van der Waals surface area (Å²) in [4.78, 5) is 14.9. The van der Waals surface area contributed by atoms with Crippen molar-refractivity contribution in [1.82, 2.24) is 10.2 Å². The summed E-state index contributed by atoms with van der Waals surface area (Å²) in [6.45, 7) is 2.61. The van der Waals surface area contributed by atoms with Gasteiger partial charge in [-0.25, -0.2) is 0 Å². The Labute approximate surface area is 150 Å². The Morgan fingerprint density at radius 2 is 1.88 bits per heavy atom. The first-order chi connectivity index (χ1) is 11.3. The predicted octanol–water partition coefficient (Wildman–Crippen LogP) is 3.07. The zero-order chi connectivity index (χ0) is 15.7. The highest BCUT2D eigenvalue weighted by molar-refractivity contribution is 5.85. The minimum Gasteiger partial charge on any atom is -0.375 e. The number of piperidine rings is 1. The van der Waals surface area contributed by atoms with E-state index < -0.39 is 0 Å². The first-order valence-electron chi connectivity index (χ1n) is 9.00. The number of halogens is 1. The van der Waals surface area contributed by atoms with Gasteiger partial charge < -0.3 is 9.64 Å². The number of carbonyl (C=O) groups excluding carboxylic acids is 1. The smallest absolute Gasteiger partial charge is 0.239 e. The molecule has 1 N–H and O–H groups in total. The first-order valence-corrected chi connectivity index (χ1v) is 9.00. The van der Waals surface area contributed by atoms with Crippen molar-refractivity contribution in [3.8, 4) is 0 Å². The summed E-state index contributed by atoms with van der Waals surface area (Å²) in [7, 11) is 0. The van der Waals surface area contributed by atoms with E-state index in [-0.39, 0.29) is 30.0 Å². The van der Waals surface area contributed by atoms with E-state index in [1.54, 1.807) is 0 Å². The third-order valence-electron chi connectivity index (χ3n) is 5.82. The molecule has 0 aromatic heterocycles. The van der Waals surface area contributed by atoms with E-state index in [9.17, 15) is 4.79 Å². The maximum absolute atomic E-state index is 12.8. The molecule has 3 saturated heterocycles. The Balaban J connectivity index is 0.00000169. The lowest BCUT2D eigenvalue weighted by Gasteiger charge is -2.39. The van der Waals surface area contributed by atoms with Gasteiger partial charge in [0, 0.05) is 25.7 Å². The van der Waals surface area contributed by atoms with Gasteiger partial charge in [-0.05, 0) is 44.1 Å². The van der Waals surface area contributed by atoms with Crippen molar-refractivity contribution in [2.75, 3.05) is 19.7 Å². The largest absolute Gasteiger partial charge is 0.375 e. The third kappa shape index (κ3) is 3.46. The average molecular weight is 351 g/mol. The van der Waals surface area contributed by atoms with Gasteiger partial charge in [-0.15, -0.1) is 12.4 Å². The van der Waals surface area contributed by atoms with Gasteiger partial charge in [-0.1, -0.05) is 30.3 Å². The van der Waals surface area contributed by atoms with Crippen LogP contribution in [0.25, 0.3) is 0 Å². The molecule has 132 valence electrons. The van der Waals surface area contributed by atoms with Gasteiger partial charge >= 0.3 is 0 Å². The van der Waals surface area contributed by atoms with Crippen molar-refractivity contribution in [1.29, 1.82) is 0 Å². The van der Waals surface area contributed by atoms with Crippen LogP contribution in [0.1, 0.15) is 50.1 Å². The summed E-state index contributed by atoms with van der Waals surface area (Å²) in [5, 5.41) is 3.54. The van der Waals surface area contributed by atoms with Crippen LogP contribution in [0.3, 0.4) is 0 Å². The minimum absolute atomic E-state index is 0. The number of hydrogen-bond acceptors (Lipinski definition) is 3. The normalized spacial score (nSPS) is 28.8. The Kier molecular flexibility index (Phi) is 5.48. The number of amides is 1. The molecule has 4 rings (SSSR count). The topological polar surface area (TPSA) is 41.6 Å². The van der Waals surface area contributed by atoms with Gasteiger partial charge in [-0.2, -0.15) is 0 Å². The summed E-state index contributed by atoms with van der Waals surface area (Å²) in [5.41, 5.74) is 1.38. The van der Waals surface area contributed by atoms with E-state index in [2.05, 4.69) is 34.5 Å². The molecule has 2 atom stereocenters. The Morgan fingerprint density at radius 3 is 2.54 bits per heavy atom. The molecular weight excluding hydrogens is 324 g/mol. The fourth-order valence-corrected chi connectivity index (χ4v) is 4.39. The van der Waals surface area contributed by atoms with Crippen LogP contribution in [-0.4, -0.2) is 42.1 Å². The molecule has 0 radical (unpaired) electrons. The molecule has 3 aliphatic rings. The summed E-state index contributed by atoms with van der Waals surface area (Å²) >= 11 is 0. The summed E-state index contributed by atoms with van der Waals surface area (Å²) in [6.07, 6.45) is 6.35. The summed E-state index contributed by atoms with van der Waals surface area (Å²) in [5.74, 6) is 0.288. The van der Waals surface area contributed by atoms with Crippen LogP contribution in [0, 0.1) is 0 Å². The highest BCUT2D eigenvalue weighted by atomic mass is 35.5. The van der Waals surface area contributed by atoms with Crippen LogP contribution in [-0.2, 0) is 9.53 Å². The van der Waals surface area contributed by atoms with Crippen LogP contribution < -0.4 is 5.32 Å². The number of benzene rings is 1. The number of likely N-dealkylation sites (tertiary alicyclic amines) is 1. The van der Waals surface area contributed by atoms with Crippen molar-refractivity contribution in [3.63, 3.8) is 0 Å². The minimum atomic E-state index is -0.0150. The lowest BCUT2D eigenvalue weighted by Crippen LogP contribution is -2.51. The molecular formula is C19H27ClN2O2. The highest BCUT2D eigenvalue weighted by Gasteiger charge is 2.41. The van der Waals surface area contributed by atoms with Crippen molar-refractivity contribution in [2.45, 2.75) is 56.2 Å². The van der Waals surface area contributed by atoms with Gasteiger partial charge in [-0.3, -0.25) is 10.1 Å². The first kappa shape index (κ1) is 17.7.